The van der Waals surface area contributed by atoms with E-state index >= 15 is 0 Å². The highest BCUT2D eigenvalue weighted by atomic mass is 32.1. The summed E-state index contributed by atoms with van der Waals surface area (Å²) in [5.41, 5.74) is 2.49. The summed E-state index contributed by atoms with van der Waals surface area (Å²) in [4.78, 5) is 6.10. The van der Waals surface area contributed by atoms with Crippen LogP contribution >= 0.6 is 11.3 Å². The number of unbranched alkanes of at least 4 members (excludes halogenated alkanes) is 2. The Morgan fingerprint density at radius 2 is 1.94 bits per heavy atom. The molecule has 0 aliphatic rings. The van der Waals surface area contributed by atoms with Gasteiger partial charge in [0.2, 0.25) is 0 Å². The van der Waals surface area contributed by atoms with E-state index in [9.17, 15) is 0 Å². The second-order valence-electron chi connectivity index (χ2n) is 4.20. The first kappa shape index (κ1) is 12.3. The van der Waals surface area contributed by atoms with E-state index in [2.05, 4.69) is 38.1 Å². The van der Waals surface area contributed by atoms with Gasteiger partial charge >= 0.3 is 0 Å². The highest BCUT2D eigenvalue weighted by Gasteiger charge is 2.08. The Morgan fingerprint density at radius 3 is 2.65 bits per heavy atom. The molecule has 1 heterocycles. The highest BCUT2D eigenvalue weighted by Crippen LogP contribution is 2.28. The van der Waals surface area contributed by atoms with Gasteiger partial charge in [0.25, 0.3) is 0 Å². The second kappa shape index (κ2) is 5.97. The van der Waals surface area contributed by atoms with Crippen molar-refractivity contribution >= 4 is 11.3 Å². The van der Waals surface area contributed by atoms with Crippen LogP contribution in [0.1, 0.15) is 29.8 Å². The van der Waals surface area contributed by atoms with E-state index in [-0.39, 0.29) is 0 Å². The van der Waals surface area contributed by atoms with Crippen LogP contribution in [0.3, 0.4) is 0 Å². The van der Waals surface area contributed by atoms with Crippen LogP contribution < -0.4 is 0 Å². The predicted octanol–water partition coefficient (Wildman–Crippen LogP) is 4.67. The zero-order chi connectivity index (χ0) is 12.1. The van der Waals surface area contributed by atoms with Crippen molar-refractivity contribution in [1.29, 1.82) is 0 Å². The average Bonchev–Trinajstić information content (AvgIpc) is 2.73. The zero-order valence-electron chi connectivity index (χ0n) is 10.3. The molecule has 1 nitrogen and oxygen atoms in total. The summed E-state index contributed by atoms with van der Waals surface area (Å²) >= 11 is 1.80. The summed E-state index contributed by atoms with van der Waals surface area (Å²) in [7, 11) is 0. The van der Waals surface area contributed by atoms with Crippen LogP contribution in [0.4, 0.5) is 0 Å². The number of nitrogens with zero attached hydrogens (tertiary/aromatic N) is 1. The molecule has 0 bridgehead atoms. The third-order valence-electron chi connectivity index (χ3n) is 2.83. The van der Waals surface area contributed by atoms with Gasteiger partial charge in [0.05, 0.1) is 5.69 Å². The van der Waals surface area contributed by atoms with Crippen molar-refractivity contribution in [3.05, 3.63) is 47.8 Å². The van der Waals surface area contributed by atoms with Crippen molar-refractivity contribution in [1.82, 2.24) is 4.98 Å². The summed E-state index contributed by atoms with van der Waals surface area (Å²) in [5.74, 6) is 0. The Hall–Kier alpha value is -1.15. The number of aromatic nitrogens is 1. The summed E-state index contributed by atoms with van der Waals surface area (Å²) in [5, 5.41) is 1.15. The third-order valence-corrected chi connectivity index (χ3v) is 3.89. The number of hydrogen-bond donors (Lipinski definition) is 0. The Balaban J connectivity index is 2.13. The van der Waals surface area contributed by atoms with Crippen LogP contribution in [-0.2, 0) is 6.42 Å². The molecule has 0 saturated carbocycles. The molecule has 17 heavy (non-hydrogen) atoms. The largest absolute Gasteiger partial charge is 0.241 e. The van der Waals surface area contributed by atoms with Gasteiger partial charge in [-0.2, -0.15) is 0 Å². The van der Waals surface area contributed by atoms with Crippen molar-refractivity contribution in [2.75, 3.05) is 0 Å². The number of thiazole rings is 1. The number of rotatable bonds is 5. The Bertz CT molecular complexity index is 459. The van der Waals surface area contributed by atoms with E-state index in [0.29, 0.717) is 0 Å². The summed E-state index contributed by atoms with van der Waals surface area (Å²) in [6, 6.07) is 10.4. The fourth-order valence-corrected chi connectivity index (χ4v) is 2.80. The third kappa shape index (κ3) is 3.16. The van der Waals surface area contributed by atoms with Crippen molar-refractivity contribution in [2.24, 2.45) is 0 Å². The smallest absolute Gasteiger partial charge is 0.123 e. The van der Waals surface area contributed by atoms with Gasteiger partial charge < -0.3 is 0 Å². The molecular weight excluding hydrogens is 226 g/mol. The molecular formula is C15H18NS. The quantitative estimate of drug-likeness (QED) is 0.697. The standard InChI is InChI=1S/C15H18NS/c1-3-4-6-11-14-12(2)17-15(16-14)13-9-7-5-8-10-13/h5,7-10H,1,3-4,6,11H2,2H3. The maximum atomic E-state index is 4.75. The lowest BCUT2D eigenvalue weighted by molar-refractivity contribution is 0.734. The molecule has 0 fully saturated rings. The maximum Gasteiger partial charge on any atom is 0.123 e. The van der Waals surface area contributed by atoms with E-state index in [0.717, 1.165) is 17.8 Å². The summed E-state index contributed by atoms with van der Waals surface area (Å²) < 4.78 is 0. The van der Waals surface area contributed by atoms with Crippen LogP contribution in [0.25, 0.3) is 10.6 Å². The number of benzene rings is 1. The molecule has 1 aromatic carbocycles. The molecule has 0 aliphatic heterocycles. The first-order valence-corrected chi connectivity index (χ1v) is 6.94. The highest BCUT2D eigenvalue weighted by molar-refractivity contribution is 7.15. The van der Waals surface area contributed by atoms with Gasteiger partial charge in [-0.3, -0.25) is 0 Å². The van der Waals surface area contributed by atoms with Crippen molar-refractivity contribution in [3.63, 3.8) is 0 Å². The van der Waals surface area contributed by atoms with Crippen molar-refractivity contribution in [3.8, 4) is 10.6 Å². The Kier molecular flexibility index (Phi) is 4.32. The van der Waals surface area contributed by atoms with Crippen LogP contribution in [0.2, 0.25) is 0 Å². The Labute approximate surface area is 108 Å². The minimum absolute atomic E-state index is 1.02. The van der Waals surface area contributed by atoms with Gasteiger partial charge in [-0.15, -0.1) is 11.3 Å². The monoisotopic (exact) mass is 244 g/mol. The first-order valence-electron chi connectivity index (χ1n) is 6.12. The van der Waals surface area contributed by atoms with Crippen molar-refractivity contribution in [2.45, 2.75) is 32.6 Å². The normalized spacial score (nSPS) is 10.7. The van der Waals surface area contributed by atoms with Crippen LogP contribution in [-0.4, -0.2) is 4.98 Å². The average molecular weight is 244 g/mol. The summed E-state index contributed by atoms with van der Waals surface area (Å²) in [6.45, 7) is 6.04. The molecule has 0 spiro atoms. The minimum Gasteiger partial charge on any atom is -0.241 e. The van der Waals surface area contributed by atoms with Gasteiger partial charge in [0, 0.05) is 10.4 Å². The van der Waals surface area contributed by atoms with E-state index in [4.69, 9.17) is 4.98 Å². The molecule has 1 aromatic heterocycles. The first-order chi connectivity index (χ1) is 8.31. The fraction of sp³-hybridized carbons (Fsp3) is 0.333. The van der Waals surface area contributed by atoms with Crippen LogP contribution in [0.15, 0.2) is 30.3 Å². The van der Waals surface area contributed by atoms with Gasteiger partial charge in [0.1, 0.15) is 5.01 Å². The molecule has 2 heteroatoms. The Morgan fingerprint density at radius 1 is 1.18 bits per heavy atom. The molecule has 0 unspecified atom stereocenters. The topological polar surface area (TPSA) is 12.9 Å². The van der Waals surface area contributed by atoms with Crippen LogP contribution in [0.5, 0.6) is 0 Å². The molecule has 0 saturated heterocycles. The van der Waals surface area contributed by atoms with Crippen molar-refractivity contribution < 1.29 is 0 Å². The van der Waals surface area contributed by atoms with E-state index < -0.39 is 0 Å². The lowest BCUT2D eigenvalue weighted by atomic mass is 10.1. The van der Waals surface area contributed by atoms with E-state index in [1.165, 1.54) is 29.0 Å². The van der Waals surface area contributed by atoms with Crippen LogP contribution in [0, 0.1) is 13.8 Å². The molecule has 0 amide bonds. The number of aryl methyl sites for hydroxylation is 2. The molecule has 0 aliphatic carbocycles. The van der Waals surface area contributed by atoms with Gasteiger partial charge in [-0.1, -0.05) is 50.1 Å². The molecule has 89 valence electrons. The fourth-order valence-electron chi connectivity index (χ4n) is 1.83. The lowest BCUT2D eigenvalue weighted by Gasteiger charge is -1.97. The molecule has 2 rings (SSSR count). The minimum atomic E-state index is 1.02. The molecule has 0 atom stereocenters. The predicted molar refractivity (Wildman–Crippen MR) is 75.2 cm³/mol. The molecule has 1 radical (unpaired) electrons. The maximum absolute atomic E-state index is 4.75. The zero-order valence-corrected chi connectivity index (χ0v) is 11.1. The SMILES string of the molecule is [CH2]CCCCc1nc(-c2ccccc2)sc1C. The van der Waals surface area contributed by atoms with Gasteiger partial charge in [-0.25, -0.2) is 4.98 Å². The second-order valence-corrected chi connectivity index (χ2v) is 5.40. The van der Waals surface area contributed by atoms with Gasteiger partial charge in [-0.05, 0) is 19.8 Å². The molecule has 0 N–H and O–H groups in total. The van der Waals surface area contributed by atoms with E-state index in [1.54, 1.807) is 11.3 Å². The summed E-state index contributed by atoms with van der Waals surface area (Å²) in [6.07, 6.45) is 4.50. The van der Waals surface area contributed by atoms with E-state index in [1.807, 2.05) is 6.07 Å². The lowest BCUT2D eigenvalue weighted by Crippen LogP contribution is -1.88. The number of hydrogen-bond acceptors (Lipinski definition) is 2. The van der Waals surface area contributed by atoms with Gasteiger partial charge in [0.15, 0.2) is 0 Å². The molecule has 2 aromatic rings.